The van der Waals surface area contributed by atoms with Crippen molar-refractivity contribution in [2.75, 3.05) is 5.32 Å². The van der Waals surface area contributed by atoms with E-state index in [4.69, 9.17) is 0 Å². The third-order valence-electron chi connectivity index (χ3n) is 3.56. The summed E-state index contributed by atoms with van der Waals surface area (Å²) in [5.74, 6) is -0.339. The van der Waals surface area contributed by atoms with E-state index in [0.29, 0.717) is 16.9 Å². The van der Waals surface area contributed by atoms with Crippen LogP contribution >= 0.6 is 0 Å². The van der Waals surface area contributed by atoms with Gasteiger partial charge in [0.25, 0.3) is 5.91 Å². The van der Waals surface area contributed by atoms with Crippen LogP contribution in [0, 0.1) is 6.92 Å². The Labute approximate surface area is 140 Å². The van der Waals surface area contributed by atoms with Crippen LogP contribution in [0.1, 0.15) is 21.7 Å². The predicted molar refractivity (Wildman–Crippen MR) is 84.5 cm³/mol. The zero-order valence-corrected chi connectivity index (χ0v) is 13.4. The second-order valence-corrected chi connectivity index (χ2v) is 5.43. The highest BCUT2D eigenvalue weighted by atomic mass is 19.4. The maximum absolute atomic E-state index is 12.9. The highest BCUT2D eigenvalue weighted by Crippen LogP contribution is 2.30. The molecule has 3 aromatic rings. The van der Waals surface area contributed by atoms with E-state index in [-0.39, 0.29) is 11.6 Å². The average Bonchev–Trinajstić information content (AvgIpc) is 3.14. The molecular weight excluding hydrogens is 335 g/mol. The Morgan fingerprint density at radius 2 is 1.84 bits per heavy atom. The Balaban J connectivity index is 1.80. The van der Waals surface area contributed by atoms with E-state index in [0.717, 1.165) is 16.9 Å². The molecule has 0 radical (unpaired) electrons. The highest BCUT2D eigenvalue weighted by Gasteiger charge is 2.35. The molecule has 2 heterocycles. The fourth-order valence-corrected chi connectivity index (χ4v) is 2.43. The molecule has 130 valence electrons. The molecule has 0 aliphatic heterocycles. The zero-order chi connectivity index (χ0) is 18.2. The minimum absolute atomic E-state index is 0.243. The number of carbonyl (C=O) groups is 1. The van der Waals surface area contributed by atoms with E-state index in [1.165, 1.54) is 28.9 Å². The van der Waals surface area contributed by atoms with E-state index in [1.807, 2.05) is 0 Å². The summed E-state index contributed by atoms with van der Waals surface area (Å²) < 4.78 is 41.1. The Bertz CT molecular complexity index is 909. The number of halogens is 3. The third kappa shape index (κ3) is 3.39. The SMILES string of the molecule is Cc1nn(C)cc1C(=O)Nc1ccc(-n2nccc2C(F)(F)F)cc1. The van der Waals surface area contributed by atoms with Crippen LogP contribution < -0.4 is 5.32 Å². The Hall–Kier alpha value is -3.10. The van der Waals surface area contributed by atoms with E-state index in [9.17, 15) is 18.0 Å². The lowest BCUT2D eigenvalue weighted by atomic mass is 10.2. The number of aromatic nitrogens is 4. The number of nitrogens with one attached hydrogen (secondary N) is 1. The number of carbonyl (C=O) groups excluding carboxylic acids is 1. The van der Waals surface area contributed by atoms with Crippen LogP contribution in [-0.4, -0.2) is 25.5 Å². The summed E-state index contributed by atoms with van der Waals surface area (Å²) in [6.07, 6.45) is -1.82. The lowest BCUT2D eigenvalue weighted by Gasteiger charge is -2.11. The van der Waals surface area contributed by atoms with Crippen molar-refractivity contribution in [3.8, 4) is 5.69 Å². The molecule has 0 fully saturated rings. The number of anilines is 1. The Morgan fingerprint density at radius 3 is 2.40 bits per heavy atom. The summed E-state index contributed by atoms with van der Waals surface area (Å²) in [6.45, 7) is 1.72. The summed E-state index contributed by atoms with van der Waals surface area (Å²) in [4.78, 5) is 12.2. The van der Waals surface area contributed by atoms with Gasteiger partial charge in [-0.1, -0.05) is 0 Å². The van der Waals surface area contributed by atoms with Crippen LogP contribution in [0.5, 0.6) is 0 Å². The lowest BCUT2D eigenvalue weighted by Crippen LogP contribution is -2.14. The minimum Gasteiger partial charge on any atom is -0.322 e. The van der Waals surface area contributed by atoms with Crippen LogP contribution in [0.2, 0.25) is 0 Å². The summed E-state index contributed by atoms with van der Waals surface area (Å²) in [5, 5.41) is 10.5. The van der Waals surface area contributed by atoms with Gasteiger partial charge in [-0.2, -0.15) is 23.4 Å². The molecule has 0 saturated carbocycles. The average molecular weight is 349 g/mol. The number of amides is 1. The molecule has 1 N–H and O–H groups in total. The number of rotatable bonds is 3. The maximum Gasteiger partial charge on any atom is 0.433 e. The van der Waals surface area contributed by atoms with Crippen molar-refractivity contribution in [1.82, 2.24) is 19.6 Å². The number of aryl methyl sites for hydroxylation is 2. The van der Waals surface area contributed by atoms with Crippen molar-refractivity contribution in [3.63, 3.8) is 0 Å². The normalized spacial score (nSPS) is 11.6. The quantitative estimate of drug-likeness (QED) is 0.790. The number of hydrogen-bond donors (Lipinski definition) is 1. The smallest absolute Gasteiger partial charge is 0.322 e. The van der Waals surface area contributed by atoms with Crippen molar-refractivity contribution in [2.24, 2.45) is 7.05 Å². The van der Waals surface area contributed by atoms with Gasteiger partial charge in [0, 0.05) is 18.9 Å². The van der Waals surface area contributed by atoms with Gasteiger partial charge in [-0.25, -0.2) is 4.68 Å². The first kappa shape index (κ1) is 16.7. The molecule has 0 aliphatic rings. The molecule has 6 nitrogen and oxygen atoms in total. The van der Waals surface area contributed by atoms with E-state index >= 15 is 0 Å². The van der Waals surface area contributed by atoms with Gasteiger partial charge in [0.2, 0.25) is 0 Å². The highest BCUT2D eigenvalue weighted by molar-refractivity contribution is 6.04. The topological polar surface area (TPSA) is 64.7 Å². The Morgan fingerprint density at radius 1 is 1.16 bits per heavy atom. The number of nitrogens with zero attached hydrogens (tertiary/aromatic N) is 4. The van der Waals surface area contributed by atoms with Gasteiger partial charge in [-0.15, -0.1) is 0 Å². The van der Waals surface area contributed by atoms with Crippen LogP contribution in [0.15, 0.2) is 42.7 Å². The summed E-state index contributed by atoms with van der Waals surface area (Å²) >= 11 is 0. The molecular formula is C16H14F3N5O. The molecule has 0 spiro atoms. The van der Waals surface area contributed by atoms with Gasteiger partial charge in [-0.05, 0) is 37.3 Å². The van der Waals surface area contributed by atoms with Gasteiger partial charge in [0.15, 0.2) is 0 Å². The maximum atomic E-state index is 12.9. The number of alkyl halides is 3. The van der Waals surface area contributed by atoms with Crippen LogP contribution in [0.25, 0.3) is 5.69 Å². The fraction of sp³-hybridized carbons (Fsp3) is 0.188. The molecule has 0 bridgehead atoms. The monoisotopic (exact) mass is 349 g/mol. The summed E-state index contributed by atoms with van der Waals surface area (Å²) in [6, 6.07) is 6.84. The largest absolute Gasteiger partial charge is 0.433 e. The molecule has 3 rings (SSSR count). The molecule has 2 aromatic heterocycles. The van der Waals surface area contributed by atoms with Crippen molar-refractivity contribution in [1.29, 1.82) is 0 Å². The summed E-state index contributed by atoms with van der Waals surface area (Å²) in [7, 11) is 1.71. The molecule has 0 atom stereocenters. The van der Waals surface area contributed by atoms with E-state index in [1.54, 1.807) is 20.2 Å². The first-order chi connectivity index (χ1) is 11.8. The predicted octanol–water partition coefficient (Wildman–Crippen LogP) is 3.19. The standard InChI is InChI=1S/C16H14F3N5O/c1-10-13(9-23(2)22-10)15(25)21-11-3-5-12(6-4-11)24-14(7-8-20-24)16(17,18)19/h3-9H,1-2H3,(H,21,25). The number of hydrogen-bond acceptors (Lipinski definition) is 3. The fourth-order valence-electron chi connectivity index (χ4n) is 2.43. The molecule has 0 aliphatic carbocycles. The van der Waals surface area contributed by atoms with Crippen LogP contribution in [0.3, 0.4) is 0 Å². The molecule has 0 saturated heterocycles. The van der Waals surface area contributed by atoms with Crippen molar-refractivity contribution in [2.45, 2.75) is 13.1 Å². The van der Waals surface area contributed by atoms with Gasteiger partial charge < -0.3 is 5.32 Å². The molecule has 25 heavy (non-hydrogen) atoms. The van der Waals surface area contributed by atoms with Crippen molar-refractivity contribution >= 4 is 11.6 Å². The van der Waals surface area contributed by atoms with Crippen molar-refractivity contribution < 1.29 is 18.0 Å². The van der Waals surface area contributed by atoms with Gasteiger partial charge in [-0.3, -0.25) is 9.48 Å². The third-order valence-corrected chi connectivity index (χ3v) is 3.56. The second kappa shape index (κ2) is 6.08. The van der Waals surface area contributed by atoms with Crippen LogP contribution in [-0.2, 0) is 13.2 Å². The first-order valence-electron chi connectivity index (χ1n) is 7.29. The molecule has 0 unspecified atom stereocenters. The summed E-state index contributed by atoms with van der Waals surface area (Å²) in [5.41, 5.74) is 0.849. The minimum atomic E-state index is -4.50. The lowest BCUT2D eigenvalue weighted by molar-refractivity contribution is -0.142. The molecule has 9 heteroatoms. The molecule has 1 amide bonds. The van der Waals surface area contributed by atoms with Gasteiger partial charge in [0.1, 0.15) is 5.69 Å². The van der Waals surface area contributed by atoms with E-state index < -0.39 is 11.9 Å². The molecule has 1 aromatic carbocycles. The zero-order valence-electron chi connectivity index (χ0n) is 13.4. The van der Waals surface area contributed by atoms with Crippen LogP contribution in [0.4, 0.5) is 18.9 Å². The first-order valence-corrected chi connectivity index (χ1v) is 7.29. The van der Waals surface area contributed by atoms with Crippen molar-refractivity contribution in [3.05, 3.63) is 59.7 Å². The second-order valence-electron chi connectivity index (χ2n) is 5.43. The van der Waals surface area contributed by atoms with Gasteiger partial charge >= 0.3 is 6.18 Å². The Kier molecular flexibility index (Phi) is 4.07. The van der Waals surface area contributed by atoms with Gasteiger partial charge in [0.05, 0.1) is 23.1 Å². The number of benzene rings is 1. The van der Waals surface area contributed by atoms with E-state index in [2.05, 4.69) is 15.5 Å².